The molecule has 0 fully saturated rings. The van der Waals surface area contributed by atoms with Crippen molar-refractivity contribution >= 4 is 28.0 Å². The first-order valence-electron chi connectivity index (χ1n) is 6.18. The molecule has 0 unspecified atom stereocenters. The maximum absolute atomic E-state index is 8.89. The van der Waals surface area contributed by atoms with Gasteiger partial charge in [0.05, 0.1) is 23.0 Å². The van der Waals surface area contributed by atoms with E-state index in [1.54, 1.807) is 18.3 Å². The van der Waals surface area contributed by atoms with Gasteiger partial charge in [-0.15, -0.1) is 0 Å². The number of hydrogen-bond acceptors (Lipinski definition) is 4. The first-order chi connectivity index (χ1) is 9.78. The second-order valence-corrected chi connectivity index (χ2v) is 4.41. The summed E-state index contributed by atoms with van der Waals surface area (Å²) in [4.78, 5) is 4.19. The highest BCUT2D eigenvalue weighted by molar-refractivity contribution is 5.99. The van der Waals surface area contributed by atoms with Gasteiger partial charge in [-0.25, -0.2) is 4.98 Å². The zero-order valence-electron chi connectivity index (χ0n) is 10.7. The Morgan fingerprint density at radius 2 is 1.95 bits per heavy atom. The summed E-state index contributed by atoms with van der Waals surface area (Å²) in [6.07, 6.45) is 1.60. The molecule has 0 atom stereocenters. The van der Waals surface area contributed by atoms with Crippen molar-refractivity contribution in [3.8, 4) is 6.07 Å². The third kappa shape index (κ3) is 2.13. The van der Waals surface area contributed by atoms with Crippen molar-refractivity contribution in [2.45, 2.75) is 0 Å². The number of nitrogen functional groups attached to an aromatic ring is 1. The van der Waals surface area contributed by atoms with E-state index >= 15 is 0 Å². The van der Waals surface area contributed by atoms with Crippen LogP contribution in [0, 0.1) is 11.3 Å². The Labute approximate surface area is 116 Å². The van der Waals surface area contributed by atoms with Gasteiger partial charge in [-0.1, -0.05) is 30.3 Å². The number of pyridine rings is 1. The standard InChI is InChI=1S/C16H12N4/c17-10-11-7-8-19-15(9-11)20-14-6-5-12-3-1-2-4-13(12)16(14)18/h1-9H,18H2,(H,19,20). The Bertz CT molecular complexity index is 818. The topological polar surface area (TPSA) is 74.7 Å². The number of nitriles is 1. The van der Waals surface area contributed by atoms with Crippen molar-refractivity contribution in [2.24, 2.45) is 0 Å². The van der Waals surface area contributed by atoms with Gasteiger partial charge in [-0.2, -0.15) is 5.26 Å². The van der Waals surface area contributed by atoms with E-state index in [2.05, 4.69) is 16.4 Å². The Morgan fingerprint density at radius 3 is 2.80 bits per heavy atom. The van der Waals surface area contributed by atoms with Gasteiger partial charge < -0.3 is 11.1 Å². The molecule has 1 heterocycles. The van der Waals surface area contributed by atoms with E-state index in [0.717, 1.165) is 16.5 Å². The number of nitrogens with zero attached hydrogens (tertiary/aromatic N) is 2. The third-order valence-corrected chi connectivity index (χ3v) is 3.12. The van der Waals surface area contributed by atoms with Crippen LogP contribution in [0.15, 0.2) is 54.7 Å². The molecule has 0 spiro atoms. The molecule has 96 valence electrons. The van der Waals surface area contributed by atoms with Crippen LogP contribution < -0.4 is 11.1 Å². The molecule has 0 aliphatic heterocycles. The quantitative estimate of drug-likeness (QED) is 0.692. The van der Waals surface area contributed by atoms with Crippen LogP contribution in [0.4, 0.5) is 17.2 Å². The number of nitrogens with two attached hydrogens (primary N) is 1. The molecule has 0 aliphatic carbocycles. The van der Waals surface area contributed by atoms with Crippen LogP contribution in [-0.2, 0) is 0 Å². The van der Waals surface area contributed by atoms with Crippen LogP contribution in [0.5, 0.6) is 0 Å². The maximum atomic E-state index is 8.89. The zero-order valence-corrected chi connectivity index (χ0v) is 10.7. The smallest absolute Gasteiger partial charge is 0.131 e. The summed E-state index contributed by atoms with van der Waals surface area (Å²) >= 11 is 0. The summed E-state index contributed by atoms with van der Waals surface area (Å²) in [6, 6.07) is 17.3. The van der Waals surface area contributed by atoms with Gasteiger partial charge in [0, 0.05) is 11.6 Å². The fraction of sp³-hybridized carbons (Fsp3) is 0. The summed E-state index contributed by atoms with van der Waals surface area (Å²) in [5.41, 5.74) is 8.20. The van der Waals surface area contributed by atoms with Crippen molar-refractivity contribution in [3.05, 3.63) is 60.3 Å². The molecule has 3 aromatic rings. The van der Waals surface area contributed by atoms with Gasteiger partial charge in [0.15, 0.2) is 0 Å². The Morgan fingerprint density at radius 1 is 1.10 bits per heavy atom. The third-order valence-electron chi connectivity index (χ3n) is 3.12. The van der Waals surface area contributed by atoms with Crippen molar-refractivity contribution < 1.29 is 0 Å². The molecule has 2 aromatic carbocycles. The number of fused-ring (bicyclic) bond motifs is 1. The molecule has 1 aromatic heterocycles. The van der Waals surface area contributed by atoms with Gasteiger partial charge in [-0.05, 0) is 23.6 Å². The van der Waals surface area contributed by atoms with E-state index in [4.69, 9.17) is 11.0 Å². The normalized spacial score (nSPS) is 10.2. The highest BCUT2D eigenvalue weighted by atomic mass is 15.0. The molecule has 3 rings (SSSR count). The molecular weight excluding hydrogens is 248 g/mol. The van der Waals surface area contributed by atoms with Gasteiger partial charge >= 0.3 is 0 Å². The molecule has 4 nitrogen and oxygen atoms in total. The lowest BCUT2D eigenvalue weighted by Crippen LogP contribution is -1.99. The maximum Gasteiger partial charge on any atom is 0.131 e. The van der Waals surface area contributed by atoms with Crippen molar-refractivity contribution in [2.75, 3.05) is 11.1 Å². The van der Waals surface area contributed by atoms with Crippen LogP contribution in [0.2, 0.25) is 0 Å². The molecule has 0 amide bonds. The van der Waals surface area contributed by atoms with E-state index < -0.39 is 0 Å². The highest BCUT2D eigenvalue weighted by Crippen LogP contribution is 2.30. The number of aromatic nitrogens is 1. The largest absolute Gasteiger partial charge is 0.397 e. The van der Waals surface area contributed by atoms with Gasteiger partial charge in [0.25, 0.3) is 0 Å². The van der Waals surface area contributed by atoms with Gasteiger partial charge in [-0.3, -0.25) is 0 Å². The molecule has 0 saturated carbocycles. The lowest BCUT2D eigenvalue weighted by molar-refractivity contribution is 1.29. The Hall–Kier alpha value is -3.06. The van der Waals surface area contributed by atoms with Crippen LogP contribution in [-0.4, -0.2) is 4.98 Å². The van der Waals surface area contributed by atoms with E-state index in [9.17, 15) is 0 Å². The van der Waals surface area contributed by atoms with Gasteiger partial charge in [0.2, 0.25) is 0 Å². The minimum Gasteiger partial charge on any atom is -0.397 e. The minimum absolute atomic E-state index is 0.557. The molecule has 0 bridgehead atoms. The average molecular weight is 260 g/mol. The van der Waals surface area contributed by atoms with E-state index in [-0.39, 0.29) is 0 Å². The number of hydrogen-bond donors (Lipinski definition) is 2. The van der Waals surface area contributed by atoms with E-state index in [1.165, 1.54) is 0 Å². The zero-order chi connectivity index (χ0) is 13.9. The predicted octanol–water partition coefficient (Wildman–Crippen LogP) is 3.43. The predicted molar refractivity (Wildman–Crippen MR) is 80.6 cm³/mol. The van der Waals surface area contributed by atoms with Crippen LogP contribution in [0.3, 0.4) is 0 Å². The van der Waals surface area contributed by atoms with Crippen molar-refractivity contribution in [1.29, 1.82) is 5.26 Å². The summed E-state index contributed by atoms with van der Waals surface area (Å²) in [7, 11) is 0. The SMILES string of the molecule is N#Cc1ccnc(Nc2ccc3ccccc3c2N)c1. The second kappa shape index (κ2) is 4.90. The van der Waals surface area contributed by atoms with Crippen molar-refractivity contribution in [1.82, 2.24) is 4.98 Å². The summed E-state index contributed by atoms with van der Waals surface area (Å²) < 4.78 is 0. The first-order valence-corrected chi connectivity index (χ1v) is 6.18. The average Bonchev–Trinajstić information content (AvgIpc) is 2.50. The molecule has 4 heteroatoms. The Kier molecular flexibility index (Phi) is 2.94. The molecule has 20 heavy (non-hydrogen) atoms. The van der Waals surface area contributed by atoms with Crippen molar-refractivity contribution in [3.63, 3.8) is 0 Å². The lowest BCUT2D eigenvalue weighted by Gasteiger charge is -2.11. The van der Waals surface area contributed by atoms with Crippen LogP contribution in [0.25, 0.3) is 10.8 Å². The fourth-order valence-electron chi connectivity index (χ4n) is 2.11. The molecule has 3 N–H and O–H groups in total. The van der Waals surface area contributed by atoms with Crippen LogP contribution in [0.1, 0.15) is 5.56 Å². The van der Waals surface area contributed by atoms with Gasteiger partial charge in [0.1, 0.15) is 5.82 Å². The van der Waals surface area contributed by atoms with Crippen LogP contribution >= 0.6 is 0 Å². The highest BCUT2D eigenvalue weighted by Gasteiger charge is 2.05. The number of nitrogens with one attached hydrogen (secondary N) is 1. The summed E-state index contributed by atoms with van der Waals surface area (Å²) in [6.45, 7) is 0. The van der Waals surface area contributed by atoms with E-state index in [1.807, 2.05) is 36.4 Å². The molecule has 0 saturated heterocycles. The monoisotopic (exact) mass is 260 g/mol. The molecule has 0 radical (unpaired) electrons. The fourth-order valence-corrected chi connectivity index (χ4v) is 2.11. The number of anilines is 3. The summed E-state index contributed by atoms with van der Waals surface area (Å²) in [5.74, 6) is 0.603. The second-order valence-electron chi connectivity index (χ2n) is 4.41. The minimum atomic E-state index is 0.557. The lowest BCUT2D eigenvalue weighted by atomic mass is 10.1. The number of benzene rings is 2. The summed E-state index contributed by atoms with van der Waals surface area (Å²) in [5, 5.41) is 14.1. The molecule has 0 aliphatic rings. The van der Waals surface area contributed by atoms with E-state index in [0.29, 0.717) is 17.1 Å². The number of rotatable bonds is 2. The Balaban J connectivity index is 2.02. The first kappa shape index (κ1) is 12.0. The molecular formula is C16H12N4.